The monoisotopic (exact) mass is 312 g/mol. The van der Waals surface area contributed by atoms with Crippen molar-refractivity contribution in [2.75, 3.05) is 0 Å². The summed E-state index contributed by atoms with van der Waals surface area (Å²) in [5, 5.41) is 31.7. The molecule has 20 heavy (non-hydrogen) atoms. The standard InChI is InChI=1S/C10H2Cl2N4O2.2CH4/c11-5-8(18)10(3-15,4-16)6(12)7(17)9(5,1-13)2-14;;/h5-6H;2*1H4. The molecule has 1 saturated carbocycles. The summed E-state index contributed by atoms with van der Waals surface area (Å²) in [7, 11) is 0. The van der Waals surface area contributed by atoms with Crippen molar-refractivity contribution in [1.29, 1.82) is 21.0 Å². The van der Waals surface area contributed by atoms with Gasteiger partial charge in [-0.1, -0.05) is 14.9 Å². The summed E-state index contributed by atoms with van der Waals surface area (Å²) in [6, 6.07) is 5.39. The number of rotatable bonds is 0. The predicted molar refractivity (Wildman–Crippen MR) is 70.1 cm³/mol. The Morgan fingerprint density at radius 3 is 1.10 bits per heavy atom. The topological polar surface area (TPSA) is 129 Å². The third kappa shape index (κ3) is 2.00. The number of carbonyl (C=O) groups excluding carboxylic acids is 2. The van der Waals surface area contributed by atoms with Crippen molar-refractivity contribution in [3.63, 3.8) is 0 Å². The van der Waals surface area contributed by atoms with Crippen LogP contribution in [0.25, 0.3) is 0 Å². The van der Waals surface area contributed by atoms with E-state index in [-0.39, 0.29) is 14.9 Å². The van der Waals surface area contributed by atoms with E-state index >= 15 is 0 Å². The first kappa shape index (κ1) is 20.2. The lowest BCUT2D eigenvalue weighted by Crippen LogP contribution is -2.60. The van der Waals surface area contributed by atoms with Crippen LogP contribution in [0.15, 0.2) is 0 Å². The highest BCUT2D eigenvalue weighted by Crippen LogP contribution is 2.44. The van der Waals surface area contributed by atoms with Gasteiger partial charge in [-0.05, 0) is 0 Å². The number of ketones is 2. The molecule has 8 heteroatoms. The molecular formula is C12H10Cl2N4O2. The average Bonchev–Trinajstić information content (AvgIpc) is 2.40. The third-order valence-electron chi connectivity index (χ3n) is 2.70. The van der Waals surface area contributed by atoms with Crippen molar-refractivity contribution in [1.82, 2.24) is 0 Å². The molecule has 1 aliphatic carbocycles. The Bertz CT molecular complexity index is 521. The van der Waals surface area contributed by atoms with Gasteiger partial charge in [0, 0.05) is 0 Å². The van der Waals surface area contributed by atoms with Crippen LogP contribution in [-0.2, 0) is 9.59 Å². The van der Waals surface area contributed by atoms with E-state index in [0.717, 1.165) is 0 Å². The van der Waals surface area contributed by atoms with E-state index in [0.29, 0.717) is 0 Å². The second-order valence-corrected chi connectivity index (χ2v) is 4.39. The maximum atomic E-state index is 11.9. The number of nitrogens with zero attached hydrogens (tertiary/aromatic N) is 4. The van der Waals surface area contributed by atoms with Crippen LogP contribution in [0.2, 0.25) is 0 Å². The molecule has 0 heterocycles. The Morgan fingerprint density at radius 1 is 0.750 bits per heavy atom. The minimum absolute atomic E-state index is 0. The molecule has 104 valence electrons. The van der Waals surface area contributed by atoms with Crippen LogP contribution in [-0.4, -0.2) is 22.3 Å². The van der Waals surface area contributed by atoms with Crippen LogP contribution in [0.1, 0.15) is 14.9 Å². The number of hydrogen-bond donors (Lipinski definition) is 0. The Morgan fingerprint density at radius 2 is 0.950 bits per heavy atom. The normalized spacial score (nSPS) is 25.5. The molecule has 0 spiro atoms. The number of carbonyl (C=O) groups is 2. The molecule has 1 aliphatic rings. The van der Waals surface area contributed by atoms with E-state index in [1.54, 1.807) is 0 Å². The van der Waals surface area contributed by atoms with Crippen LogP contribution < -0.4 is 0 Å². The van der Waals surface area contributed by atoms with Gasteiger partial charge in [-0.3, -0.25) is 9.59 Å². The van der Waals surface area contributed by atoms with Gasteiger partial charge in [0.1, 0.15) is 10.8 Å². The van der Waals surface area contributed by atoms with Crippen molar-refractivity contribution in [3.8, 4) is 24.3 Å². The van der Waals surface area contributed by atoms with Gasteiger partial charge in [0.15, 0.2) is 11.6 Å². The Balaban J connectivity index is 0. The van der Waals surface area contributed by atoms with Crippen molar-refractivity contribution in [3.05, 3.63) is 0 Å². The van der Waals surface area contributed by atoms with E-state index < -0.39 is 33.2 Å². The molecular weight excluding hydrogens is 303 g/mol. The predicted octanol–water partition coefficient (Wildman–Crippen LogP) is 1.69. The van der Waals surface area contributed by atoms with Gasteiger partial charge in [-0.2, -0.15) is 21.0 Å². The summed E-state index contributed by atoms with van der Waals surface area (Å²) in [5.41, 5.74) is -4.94. The minimum atomic E-state index is -2.47. The van der Waals surface area contributed by atoms with Crippen molar-refractivity contribution in [2.24, 2.45) is 10.8 Å². The maximum absolute atomic E-state index is 11.9. The van der Waals surface area contributed by atoms with E-state index in [4.69, 9.17) is 44.2 Å². The average molecular weight is 313 g/mol. The Kier molecular flexibility index (Phi) is 6.42. The van der Waals surface area contributed by atoms with Crippen LogP contribution in [0.5, 0.6) is 0 Å². The molecule has 1 rings (SSSR count). The van der Waals surface area contributed by atoms with E-state index in [1.165, 1.54) is 24.3 Å². The van der Waals surface area contributed by atoms with Crippen molar-refractivity contribution in [2.45, 2.75) is 25.6 Å². The third-order valence-corrected chi connectivity index (χ3v) is 3.75. The second kappa shape index (κ2) is 6.36. The van der Waals surface area contributed by atoms with Gasteiger partial charge < -0.3 is 0 Å². The number of nitriles is 4. The summed E-state index contributed by atoms with van der Waals surface area (Å²) < 4.78 is 0. The van der Waals surface area contributed by atoms with E-state index in [2.05, 4.69) is 0 Å². The fourth-order valence-electron chi connectivity index (χ4n) is 1.54. The lowest BCUT2D eigenvalue weighted by atomic mass is 9.63. The first-order valence-corrected chi connectivity index (χ1v) is 5.27. The Labute approximate surface area is 126 Å². The fourth-order valence-corrected chi connectivity index (χ4v) is 2.29. The summed E-state index contributed by atoms with van der Waals surface area (Å²) in [4.78, 5) is 23.8. The lowest BCUT2D eigenvalue weighted by molar-refractivity contribution is -0.137. The largest absolute Gasteiger partial charge is 0.295 e. The molecule has 0 aromatic heterocycles. The maximum Gasteiger partial charge on any atom is 0.226 e. The highest BCUT2D eigenvalue weighted by Gasteiger charge is 2.67. The molecule has 0 aromatic carbocycles. The first-order valence-electron chi connectivity index (χ1n) is 4.39. The molecule has 1 fully saturated rings. The highest BCUT2D eigenvalue weighted by atomic mass is 35.5. The Hall–Kier alpha value is -2.12. The molecule has 6 nitrogen and oxygen atoms in total. The molecule has 0 bridgehead atoms. The van der Waals surface area contributed by atoms with Gasteiger partial charge in [-0.25, -0.2) is 0 Å². The molecule has 0 N–H and O–H groups in total. The molecule has 0 aromatic rings. The van der Waals surface area contributed by atoms with E-state index in [9.17, 15) is 9.59 Å². The van der Waals surface area contributed by atoms with Crippen LogP contribution in [0.4, 0.5) is 0 Å². The second-order valence-electron chi connectivity index (χ2n) is 3.52. The highest BCUT2D eigenvalue weighted by molar-refractivity contribution is 6.44. The molecule has 0 amide bonds. The smallest absolute Gasteiger partial charge is 0.226 e. The van der Waals surface area contributed by atoms with Gasteiger partial charge >= 0.3 is 0 Å². The number of alkyl halides is 2. The minimum Gasteiger partial charge on any atom is -0.295 e. The van der Waals surface area contributed by atoms with Crippen molar-refractivity contribution < 1.29 is 9.59 Å². The zero-order chi connectivity index (χ0) is 14.1. The zero-order valence-electron chi connectivity index (χ0n) is 8.52. The van der Waals surface area contributed by atoms with Gasteiger partial charge in [0.05, 0.1) is 24.3 Å². The summed E-state index contributed by atoms with van der Waals surface area (Å²) in [6.45, 7) is 0. The molecule has 2 unspecified atom stereocenters. The summed E-state index contributed by atoms with van der Waals surface area (Å²) in [5.74, 6) is -2.42. The number of Topliss-reactive ketones (excluding diaryl/α,β-unsaturated/α-hetero) is 2. The van der Waals surface area contributed by atoms with Gasteiger partial charge in [0.25, 0.3) is 0 Å². The quantitative estimate of drug-likeness (QED) is 0.625. The SMILES string of the molecule is C.C.N#CC1(C#N)C(=O)C(Cl)C(C#N)(C#N)C(=O)C1Cl. The first-order chi connectivity index (χ1) is 8.37. The lowest BCUT2D eigenvalue weighted by Gasteiger charge is -2.35. The molecule has 2 atom stereocenters. The molecule has 0 aliphatic heterocycles. The summed E-state index contributed by atoms with van der Waals surface area (Å²) >= 11 is 11.2. The zero-order valence-corrected chi connectivity index (χ0v) is 10.0. The van der Waals surface area contributed by atoms with Crippen LogP contribution >= 0.6 is 23.2 Å². The molecule has 0 saturated heterocycles. The summed E-state index contributed by atoms with van der Waals surface area (Å²) in [6.07, 6.45) is 0. The van der Waals surface area contributed by atoms with E-state index in [1.807, 2.05) is 0 Å². The van der Waals surface area contributed by atoms with Crippen LogP contribution in [0.3, 0.4) is 0 Å². The van der Waals surface area contributed by atoms with Crippen LogP contribution in [0, 0.1) is 56.2 Å². The van der Waals surface area contributed by atoms with Crippen molar-refractivity contribution >= 4 is 34.8 Å². The number of hydrogen-bond acceptors (Lipinski definition) is 6. The number of halogens is 2. The molecule has 0 radical (unpaired) electrons. The van der Waals surface area contributed by atoms with Gasteiger partial charge in [0.2, 0.25) is 10.8 Å². The van der Waals surface area contributed by atoms with Gasteiger partial charge in [-0.15, -0.1) is 23.2 Å². The fraction of sp³-hybridized carbons (Fsp3) is 0.500.